The Morgan fingerprint density at radius 1 is 1.44 bits per heavy atom. The largest absolute Gasteiger partial charge is 0.334 e. The lowest BCUT2D eigenvalue weighted by Gasteiger charge is -2.34. The van der Waals surface area contributed by atoms with Crippen molar-refractivity contribution >= 4 is 29.1 Å². The molecule has 0 aromatic heterocycles. The van der Waals surface area contributed by atoms with Crippen LogP contribution in [-0.2, 0) is 0 Å². The van der Waals surface area contributed by atoms with Gasteiger partial charge in [-0.05, 0) is 37.5 Å². The van der Waals surface area contributed by atoms with Crippen LogP contribution in [0.2, 0.25) is 5.02 Å². The molecule has 0 aliphatic carbocycles. The first-order chi connectivity index (χ1) is 8.63. The quantitative estimate of drug-likeness (QED) is 0.760. The molecule has 1 aliphatic rings. The molecule has 1 saturated heterocycles. The molecule has 1 aromatic rings. The smallest absolute Gasteiger partial charge is 0.257 e. The third kappa shape index (κ3) is 2.78. The summed E-state index contributed by atoms with van der Waals surface area (Å²) in [7, 11) is 0. The standard InChI is InChI=1S/C13H14Cl2FNO/c14-8-10-3-1-2-6-17(10)13(18)11-5-4-9(15)7-12(11)16/h4-5,7,10H,1-3,6,8H2. The predicted molar refractivity (Wildman–Crippen MR) is 70.8 cm³/mol. The van der Waals surface area contributed by atoms with Gasteiger partial charge in [-0.15, -0.1) is 11.6 Å². The monoisotopic (exact) mass is 289 g/mol. The van der Waals surface area contributed by atoms with E-state index in [1.807, 2.05) is 0 Å². The molecule has 1 heterocycles. The molecule has 1 aliphatic heterocycles. The molecule has 2 nitrogen and oxygen atoms in total. The summed E-state index contributed by atoms with van der Waals surface area (Å²) < 4.78 is 13.7. The minimum atomic E-state index is -0.577. The molecule has 0 radical (unpaired) electrons. The van der Waals surface area contributed by atoms with Gasteiger partial charge in [-0.3, -0.25) is 4.79 Å². The van der Waals surface area contributed by atoms with Crippen molar-refractivity contribution in [1.29, 1.82) is 0 Å². The zero-order valence-electron chi connectivity index (χ0n) is 9.83. The van der Waals surface area contributed by atoms with Crippen LogP contribution in [0, 0.1) is 5.82 Å². The van der Waals surface area contributed by atoms with E-state index in [4.69, 9.17) is 23.2 Å². The lowest BCUT2D eigenvalue weighted by Crippen LogP contribution is -2.45. The molecule has 1 unspecified atom stereocenters. The first-order valence-corrected chi connectivity index (χ1v) is 6.86. The minimum Gasteiger partial charge on any atom is -0.334 e. The molecule has 1 fully saturated rings. The second kappa shape index (κ2) is 5.89. The van der Waals surface area contributed by atoms with Crippen molar-refractivity contribution in [2.45, 2.75) is 25.3 Å². The van der Waals surface area contributed by atoms with E-state index in [0.717, 1.165) is 25.3 Å². The third-order valence-electron chi connectivity index (χ3n) is 3.23. The van der Waals surface area contributed by atoms with Crippen molar-refractivity contribution in [3.05, 3.63) is 34.6 Å². The summed E-state index contributed by atoms with van der Waals surface area (Å²) in [4.78, 5) is 14.0. The van der Waals surface area contributed by atoms with Gasteiger partial charge < -0.3 is 4.90 Å². The summed E-state index contributed by atoms with van der Waals surface area (Å²) >= 11 is 11.5. The Kier molecular flexibility index (Phi) is 4.46. The van der Waals surface area contributed by atoms with Gasteiger partial charge in [-0.2, -0.15) is 0 Å². The third-order valence-corrected chi connectivity index (χ3v) is 3.82. The number of amides is 1. The average molecular weight is 290 g/mol. The Balaban J connectivity index is 2.24. The van der Waals surface area contributed by atoms with E-state index in [-0.39, 0.29) is 22.5 Å². The van der Waals surface area contributed by atoms with Crippen LogP contribution in [0.4, 0.5) is 4.39 Å². The summed E-state index contributed by atoms with van der Waals surface area (Å²) in [5, 5.41) is 0.289. The topological polar surface area (TPSA) is 20.3 Å². The molecule has 1 aromatic carbocycles. The van der Waals surface area contributed by atoms with Crippen molar-refractivity contribution in [2.75, 3.05) is 12.4 Å². The van der Waals surface area contributed by atoms with Gasteiger partial charge in [0.25, 0.3) is 5.91 Å². The van der Waals surface area contributed by atoms with E-state index in [2.05, 4.69) is 0 Å². The van der Waals surface area contributed by atoms with Crippen LogP contribution >= 0.6 is 23.2 Å². The van der Waals surface area contributed by atoms with Gasteiger partial charge in [0, 0.05) is 23.5 Å². The van der Waals surface area contributed by atoms with Crippen LogP contribution < -0.4 is 0 Å². The van der Waals surface area contributed by atoms with E-state index in [1.165, 1.54) is 12.1 Å². The van der Waals surface area contributed by atoms with E-state index < -0.39 is 5.82 Å². The molecule has 0 spiro atoms. The fourth-order valence-corrected chi connectivity index (χ4v) is 2.73. The number of benzene rings is 1. The minimum absolute atomic E-state index is 0.00277. The zero-order valence-corrected chi connectivity index (χ0v) is 11.3. The maximum atomic E-state index is 13.7. The molecule has 98 valence electrons. The number of hydrogen-bond acceptors (Lipinski definition) is 1. The van der Waals surface area contributed by atoms with E-state index >= 15 is 0 Å². The van der Waals surface area contributed by atoms with Gasteiger partial charge in [-0.25, -0.2) is 4.39 Å². The fraction of sp³-hybridized carbons (Fsp3) is 0.462. The number of carbonyl (C=O) groups is 1. The van der Waals surface area contributed by atoms with Crippen molar-refractivity contribution in [2.24, 2.45) is 0 Å². The highest BCUT2D eigenvalue weighted by Crippen LogP contribution is 2.23. The highest BCUT2D eigenvalue weighted by molar-refractivity contribution is 6.30. The number of rotatable bonds is 2. The van der Waals surface area contributed by atoms with E-state index in [9.17, 15) is 9.18 Å². The maximum Gasteiger partial charge on any atom is 0.257 e. The Morgan fingerprint density at radius 3 is 2.89 bits per heavy atom. The van der Waals surface area contributed by atoms with Crippen LogP contribution in [0.5, 0.6) is 0 Å². The summed E-state index contributed by atoms with van der Waals surface area (Å²) in [6, 6.07) is 4.12. The van der Waals surface area contributed by atoms with Crippen molar-refractivity contribution in [1.82, 2.24) is 4.90 Å². The lowest BCUT2D eigenvalue weighted by atomic mass is 10.0. The summed E-state index contributed by atoms with van der Waals surface area (Å²) in [6.07, 6.45) is 2.88. The van der Waals surface area contributed by atoms with Gasteiger partial charge in [0.05, 0.1) is 5.56 Å². The number of halogens is 3. The number of likely N-dealkylation sites (tertiary alicyclic amines) is 1. The Hall–Kier alpha value is -0.800. The van der Waals surface area contributed by atoms with Crippen LogP contribution in [0.25, 0.3) is 0 Å². The highest BCUT2D eigenvalue weighted by Gasteiger charge is 2.28. The molecule has 1 atom stereocenters. The fourth-order valence-electron chi connectivity index (χ4n) is 2.25. The molecule has 0 N–H and O–H groups in total. The summed E-state index contributed by atoms with van der Waals surface area (Å²) in [5.41, 5.74) is 0.0661. The summed E-state index contributed by atoms with van der Waals surface area (Å²) in [6.45, 7) is 0.637. The van der Waals surface area contributed by atoms with Crippen LogP contribution in [0.15, 0.2) is 18.2 Å². The first-order valence-electron chi connectivity index (χ1n) is 5.95. The van der Waals surface area contributed by atoms with Crippen LogP contribution in [0.3, 0.4) is 0 Å². The zero-order chi connectivity index (χ0) is 13.1. The van der Waals surface area contributed by atoms with Gasteiger partial charge in [-0.1, -0.05) is 11.6 Å². The normalized spacial score (nSPS) is 19.9. The van der Waals surface area contributed by atoms with Crippen molar-refractivity contribution in [3.8, 4) is 0 Å². The number of carbonyl (C=O) groups excluding carboxylic acids is 1. The second-order valence-electron chi connectivity index (χ2n) is 4.43. The van der Waals surface area contributed by atoms with Gasteiger partial charge in [0.2, 0.25) is 0 Å². The van der Waals surface area contributed by atoms with Crippen LogP contribution in [0.1, 0.15) is 29.6 Å². The van der Waals surface area contributed by atoms with Crippen LogP contribution in [-0.4, -0.2) is 29.3 Å². The Morgan fingerprint density at radius 2 is 2.22 bits per heavy atom. The average Bonchev–Trinajstić information content (AvgIpc) is 2.38. The molecular formula is C13H14Cl2FNO. The molecule has 0 bridgehead atoms. The maximum absolute atomic E-state index is 13.7. The van der Waals surface area contributed by atoms with E-state index in [1.54, 1.807) is 4.90 Å². The first kappa shape index (κ1) is 13.6. The highest BCUT2D eigenvalue weighted by atomic mass is 35.5. The summed E-state index contributed by atoms with van der Waals surface area (Å²) in [5.74, 6) is -0.484. The second-order valence-corrected chi connectivity index (χ2v) is 5.17. The molecule has 18 heavy (non-hydrogen) atoms. The predicted octanol–water partition coefficient (Wildman–Crippen LogP) is 3.71. The van der Waals surface area contributed by atoms with Crippen molar-refractivity contribution in [3.63, 3.8) is 0 Å². The van der Waals surface area contributed by atoms with Gasteiger partial charge in [0.1, 0.15) is 5.82 Å². The number of hydrogen-bond donors (Lipinski definition) is 0. The molecular weight excluding hydrogens is 276 g/mol. The number of alkyl halides is 1. The van der Waals surface area contributed by atoms with Gasteiger partial charge >= 0.3 is 0 Å². The molecule has 2 rings (SSSR count). The molecule has 0 saturated carbocycles. The number of piperidine rings is 1. The Labute approximate surface area is 116 Å². The van der Waals surface area contributed by atoms with Crippen molar-refractivity contribution < 1.29 is 9.18 Å². The van der Waals surface area contributed by atoms with Gasteiger partial charge in [0.15, 0.2) is 0 Å². The Bertz CT molecular complexity index is 453. The molecule has 5 heteroatoms. The van der Waals surface area contributed by atoms with E-state index in [0.29, 0.717) is 12.4 Å². The number of nitrogens with zero attached hydrogens (tertiary/aromatic N) is 1. The lowest BCUT2D eigenvalue weighted by molar-refractivity contribution is 0.0634. The SMILES string of the molecule is O=C(c1ccc(Cl)cc1F)N1CCCCC1CCl. The molecule has 1 amide bonds.